The average molecular weight is 290 g/mol. The molecular formula is C17H26N2O2. The number of Topliss-reactive ketones (excluding diaryl/α,β-unsaturated/α-hetero) is 1. The van der Waals surface area contributed by atoms with Gasteiger partial charge in [0.25, 0.3) is 0 Å². The van der Waals surface area contributed by atoms with E-state index in [1.807, 2.05) is 70.1 Å². The van der Waals surface area contributed by atoms with Crippen LogP contribution >= 0.6 is 0 Å². The van der Waals surface area contributed by atoms with Crippen molar-refractivity contribution in [3.05, 3.63) is 35.9 Å². The van der Waals surface area contributed by atoms with Crippen molar-refractivity contribution in [1.82, 2.24) is 10.2 Å². The van der Waals surface area contributed by atoms with E-state index in [4.69, 9.17) is 0 Å². The van der Waals surface area contributed by atoms with E-state index in [2.05, 4.69) is 5.32 Å². The van der Waals surface area contributed by atoms with E-state index in [9.17, 15) is 9.59 Å². The Hall–Kier alpha value is -1.68. The first-order chi connectivity index (χ1) is 9.64. The summed E-state index contributed by atoms with van der Waals surface area (Å²) in [5.41, 5.74) is 0.447. The van der Waals surface area contributed by atoms with Crippen molar-refractivity contribution in [2.45, 2.75) is 39.8 Å². The van der Waals surface area contributed by atoms with E-state index in [0.717, 1.165) is 5.56 Å². The molecule has 0 fully saturated rings. The van der Waals surface area contributed by atoms with Crippen molar-refractivity contribution < 1.29 is 9.59 Å². The molecule has 21 heavy (non-hydrogen) atoms. The van der Waals surface area contributed by atoms with Crippen LogP contribution in [0.5, 0.6) is 0 Å². The largest absolute Gasteiger partial charge is 0.345 e. The molecule has 1 N–H and O–H groups in total. The summed E-state index contributed by atoms with van der Waals surface area (Å²) in [7, 11) is 3.71. The molecule has 4 nitrogen and oxygen atoms in total. The fourth-order valence-corrected chi connectivity index (χ4v) is 2.33. The van der Waals surface area contributed by atoms with Gasteiger partial charge in [-0.15, -0.1) is 0 Å². The van der Waals surface area contributed by atoms with Gasteiger partial charge in [0.05, 0.1) is 6.04 Å². The summed E-state index contributed by atoms with van der Waals surface area (Å²) < 4.78 is 0. The van der Waals surface area contributed by atoms with Crippen LogP contribution in [-0.2, 0) is 9.59 Å². The fraction of sp³-hybridized carbons (Fsp3) is 0.529. The molecule has 0 aliphatic heterocycles. The van der Waals surface area contributed by atoms with Crippen LogP contribution in [-0.4, -0.2) is 36.7 Å². The standard InChI is InChI=1S/C17H26N2O2/c1-12(15(20)17(2,3)4)18-16(21)14(19(5)6)13-10-8-7-9-11-13/h7-12,14H,1-6H3,(H,18,21)/t12-,14+/m0/s1. The van der Waals surface area contributed by atoms with Crippen molar-refractivity contribution in [2.75, 3.05) is 14.1 Å². The minimum absolute atomic E-state index is 0.0291. The average Bonchev–Trinajstić information content (AvgIpc) is 2.37. The summed E-state index contributed by atoms with van der Waals surface area (Å²) in [5, 5.41) is 2.84. The Morgan fingerprint density at radius 2 is 1.62 bits per heavy atom. The molecule has 4 heteroatoms. The Kier molecular flexibility index (Phi) is 5.67. The Morgan fingerprint density at radius 3 is 2.05 bits per heavy atom. The number of ketones is 1. The smallest absolute Gasteiger partial charge is 0.242 e. The zero-order valence-corrected chi connectivity index (χ0v) is 13.8. The molecule has 116 valence electrons. The highest BCUT2D eigenvalue weighted by atomic mass is 16.2. The third-order valence-electron chi connectivity index (χ3n) is 3.37. The molecule has 1 rings (SSSR count). The van der Waals surface area contributed by atoms with Crippen molar-refractivity contribution in [3.8, 4) is 0 Å². The third-order valence-corrected chi connectivity index (χ3v) is 3.37. The number of amides is 1. The van der Waals surface area contributed by atoms with E-state index in [-0.39, 0.29) is 11.7 Å². The van der Waals surface area contributed by atoms with Crippen LogP contribution in [0, 0.1) is 5.41 Å². The summed E-state index contributed by atoms with van der Waals surface area (Å²) in [5.74, 6) is -0.127. The second kappa shape index (κ2) is 6.85. The van der Waals surface area contributed by atoms with E-state index >= 15 is 0 Å². The van der Waals surface area contributed by atoms with Gasteiger partial charge in [-0.1, -0.05) is 51.1 Å². The van der Waals surface area contributed by atoms with Gasteiger partial charge in [0.2, 0.25) is 5.91 Å². The lowest BCUT2D eigenvalue weighted by Gasteiger charge is -2.27. The van der Waals surface area contributed by atoms with Crippen molar-refractivity contribution in [1.29, 1.82) is 0 Å². The van der Waals surface area contributed by atoms with Crippen molar-refractivity contribution in [3.63, 3.8) is 0 Å². The van der Waals surface area contributed by atoms with Crippen LogP contribution in [0.1, 0.15) is 39.3 Å². The summed E-state index contributed by atoms with van der Waals surface area (Å²) in [6.07, 6.45) is 0. The first-order valence-corrected chi connectivity index (χ1v) is 7.20. The van der Waals surface area contributed by atoms with Crippen LogP contribution in [0.25, 0.3) is 0 Å². The zero-order chi connectivity index (χ0) is 16.2. The van der Waals surface area contributed by atoms with Crippen LogP contribution in [0.3, 0.4) is 0 Å². The van der Waals surface area contributed by atoms with Gasteiger partial charge in [-0.3, -0.25) is 14.5 Å². The molecule has 0 saturated heterocycles. The molecule has 0 unspecified atom stereocenters. The van der Waals surface area contributed by atoms with Gasteiger partial charge in [-0.2, -0.15) is 0 Å². The van der Waals surface area contributed by atoms with Crippen molar-refractivity contribution in [2.24, 2.45) is 5.41 Å². The molecule has 0 aliphatic rings. The quantitative estimate of drug-likeness (QED) is 0.906. The Morgan fingerprint density at radius 1 is 1.10 bits per heavy atom. The molecule has 1 aromatic rings. The predicted molar refractivity (Wildman–Crippen MR) is 84.9 cm³/mol. The molecule has 0 radical (unpaired) electrons. The second-order valence-corrected chi connectivity index (χ2v) is 6.62. The van der Waals surface area contributed by atoms with E-state index < -0.39 is 17.5 Å². The zero-order valence-electron chi connectivity index (χ0n) is 13.8. The maximum absolute atomic E-state index is 12.5. The van der Waals surface area contributed by atoms with Crippen molar-refractivity contribution >= 4 is 11.7 Å². The molecular weight excluding hydrogens is 264 g/mol. The lowest BCUT2D eigenvalue weighted by Crippen LogP contribution is -2.47. The first kappa shape index (κ1) is 17.4. The number of carbonyl (C=O) groups excluding carboxylic acids is 2. The molecule has 0 aliphatic carbocycles. The topological polar surface area (TPSA) is 49.4 Å². The van der Waals surface area contributed by atoms with Gasteiger partial charge in [0, 0.05) is 5.41 Å². The lowest BCUT2D eigenvalue weighted by atomic mass is 9.87. The normalized spacial score (nSPS) is 14.6. The molecule has 2 atom stereocenters. The number of likely N-dealkylation sites (N-methyl/N-ethyl adjacent to an activating group) is 1. The van der Waals surface area contributed by atoms with Gasteiger partial charge in [-0.05, 0) is 26.6 Å². The second-order valence-electron chi connectivity index (χ2n) is 6.62. The molecule has 0 spiro atoms. The summed E-state index contributed by atoms with van der Waals surface area (Å²) in [4.78, 5) is 26.6. The Bertz CT molecular complexity index is 489. The molecule has 1 amide bonds. The fourth-order valence-electron chi connectivity index (χ4n) is 2.33. The van der Waals surface area contributed by atoms with Crippen LogP contribution < -0.4 is 5.32 Å². The highest BCUT2D eigenvalue weighted by Gasteiger charge is 2.30. The van der Waals surface area contributed by atoms with Gasteiger partial charge in [0.1, 0.15) is 6.04 Å². The van der Waals surface area contributed by atoms with E-state index in [1.54, 1.807) is 6.92 Å². The highest BCUT2D eigenvalue weighted by Crippen LogP contribution is 2.20. The summed E-state index contributed by atoms with van der Waals surface area (Å²) in [6, 6.07) is 8.66. The molecule has 0 heterocycles. The predicted octanol–water partition coefficient (Wildman–Crippen LogP) is 2.41. The Balaban J connectivity index is 2.87. The van der Waals surface area contributed by atoms with Crippen LogP contribution in [0.4, 0.5) is 0 Å². The molecule has 1 aromatic carbocycles. The summed E-state index contributed by atoms with van der Waals surface area (Å²) >= 11 is 0. The van der Waals surface area contributed by atoms with Crippen LogP contribution in [0.2, 0.25) is 0 Å². The number of nitrogens with zero attached hydrogens (tertiary/aromatic N) is 1. The molecule has 0 aromatic heterocycles. The highest BCUT2D eigenvalue weighted by molar-refractivity contribution is 5.93. The van der Waals surface area contributed by atoms with Gasteiger partial charge in [0.15, 0.2) is 5.78 Å². The molecule has 0 saturated carbocycles. The number of carbonyl (C=O) groups is 2. The molecule has 0 bridgehead atoms. The van der Waals surface area contributed by atoms with Gasteiger partial charge < -0.3 is 5.32 Å². The summed E-state index contributed by atoms with van der Waals surface area (Å²) in [6.45, 7) is 7.32. The maximum Gasteiger partial charge on any atom is 0.242 e. The van der Waals surface area contributed by atoms with E-state index in [0.29, 0.717) is 0 Å². The lowest BCUT2D eigenvalue weighted by molar-refractivity contribution is -0.133. The van der Waals surface area contributed by atoms with Crippen LogP contribution in [0.15, 0.2) is 30.3 Å². The minimum atomic E-state index is -0.497. The monoisotopic (exact) mass is 290 g/mol. The van der Waals surface area contributed by atoms with Gasteiger partial charge in [-0.25, -0.2) is 0 Å². The Labute approximate surface area is 127 Å². The number of rotatable bonds is 5. The third kappa shape index (κ3) is 4.67. The minimum Gasteiger partial charge on any atom is -0.345 e. The number of benzene rings is 1. The van der Waals surface area contributed by atoms with E-state index in [1.165, 1.54) is 0 Å². The SMILES string of the molecule is C[C@H](NC(=O)[C@@H](c1ccccc1)N(C)C)C(=O)C(C)(C)C. The first-order valence-electron chi connectivity index (χ1n) is 7.20. The number of hydrogen-bond acceptors (Lipinski definition) is 3. The number of nitrogens with one attached hydrogen (secondary N) is 1. The van der Waals surface area contributed by atoms with Gasteiger partial charge >= 0.3 is 0 Å². The number of hydrogen-bond donors (Lipinski definition) is 1. The maximum atomic E-state index is 12.5.